The van der Waals surface area contributed by atoms with E-state index >= 15 is 0 Å². The van der Waals surface area contributed by atoms with Gasteiger partial charge in [-0.2, -0.15) is 0 Å². The maximum atomic E-state index is 12.4. The van der Waals surface area contributed by atoms with E-state index in [4.69, 9.17) is 0 Å². The molecule has 0 aliphatic carbocycles. The number of carbonyl (C=O) groups is 1. The first-order valence-corrected chi connectivity index (χ1v) is 9.47. The minimum atomic E-state index is -2.92. The number of nitrogens with zero attached hydrogens (tertiary/aromatic N) is 1. The lowest BCUT2D eigenvalue weighted by Crippen LogP contribution is -2.42. The highest BCUT2D eigenvalue weighted by Crippen LogP contribution is 2.33. The Morgan fingerprint density at radius 2 is 1.85 bits per heavy atom. The average molecular weight is 300 g/mol. The monoisotopic (exact) mass is 300 g/mol. The highest BCUT2D eigenvalue weighted by atomic mass is 32.2. The SMILES string of the molecule is CN(C(=O)CC1CC2CCC(C1)N2)C1CCS(=O)(=O)C1. The molecule has 3 unspecified atom stereocenters. The number of rotatable bonds is 3. The van der Waals surface area contributed by atoms with E-state index in [9.17, 15) is 13.2 Å². The lowest BCUT2D eigenvalue weighted by molar-refractivity contribution is -0.132. The predicted molar refractivity (Wildman–Crippen MR) is 77.1 cm³/mol. The van der Waals surface area contributed by atoms with Crippen LogP contribution in [-0.4, -0.2) is 55.9 Å². The largest absolute Gasteiger partial charge is 0.342 e. The number of nitrogens with one attached hydrogen (secondary N) is 1. The Hall–Kier alpha value is -0.620. The zero-order chi connectivity index (χ0) is 14.3. The Labute approximate surface area is 121 Å². The van der Waals surface area contributed by atoms with E-state index in [1.54, 1.807) is 11.9 Å². The van der Waals surface area contributed by atoms with Gasteiger partial charge in [-0.15, -0.1) is 0 Å². The van der Waals surface area contributed by atoms with E-state index in [-0.39, 0.29) is 23.5 Å². The molecule has 1 N–H and O–H groups in total. The van der Waals surface area contributed by atoms with Crippen LogP contribution in [0.25, 0.3) is 0 Å². The predicted octanol–water partition coefficient (Wildman–Crippen LogP) is 0.553. The quantitative estimate of drug-likeness (QED) is 0.827. The Bertz CT molecular complexity index is 479. The lowest BCUT2D eigenvalue weighted by Gasteiger charge is -2.31. The van der Waals surface area contributed by atoms with Crippen molar-refractivity contribution >= 4 is 15.7 Å². The summed E-state index contributed by atoms with van der Waals surface area (Å²) in [4.78, 5) is 14.0. The zero-order valence-corrected chi connectivity index (χ0v) is 12.9. The van der Waals surface area contributed by atoms with E-state index < -0.39 is 9.84 Å². The molecule has 3 aliphatic rings. The lowest BCUT2D eigenvalue weighted by atomic mass is 9.89. The van der Waals surface area contributed by atoms with Crippen molar-refractivity contribution in [2.24, 2.45) is 5.92 Å². The van der Waals surface area contributed by atoms with Gasteiger partial charge in [0.05, 0.1) is 11.5 Å². The van der Waals surface area contributed by atoms with Crippen LogP contribution < -0.4 is 5.32 Å². The fourth-order valence-electron chi connectivity index (χ4n) is 4.02. The number of carbonyl (C=O) groups excluding carboxylic acids is 1. The van der Waals surface area contributed by atoms with Crippen molar-refractivity contribution in [1.82, 2.24) is 10.2 Å². The molecule has 0 spiro atoms. The summed E-state index contributed by atoms with van der Waals surface area (Å²) >= 11 is 0. The molecule has 3 fully saturated rings. The first kappa shape index (κ1) is 14.3. The Morgan fingerprint density at radius 3 is 2.40 bits per heavy atom. The van der Waals surface area contributed by atoms with Gasteiger partial charge < -0.3 is 10.2 Å². The topological polar surface area (TPSA) is 66.5 Å². The molecular weight excluding hydrogens is 276 g/mol. The Morgan fingerprint density at radius 1 is 1.20 bits per heavy atom. The molecule has 3 atom stereocenters. The number of fused-ring (bicyclic) bond motifs is 2. The van der Waals surface area contributed by atoms with E-state index in [1.807, 2.05) is 0 Å². The molecule has 3 heterocycles. The van der Waals surface area contributed by atoms with Crippen LogP contribution in [0, 0.1) is 5.92 Å². The summed E-state index contributed by atoms with van der Waals surface area (Å²) in [7, 11) is -1.15. The first-order chi connectivity index (χ1) is 9.43. The van der Waals surface area contributed by atoms with Crippen LogP contribution in [0.5, 0.6) is 0 Å². The van der Waals surface area contributed by atoms with Crippen molar-refractivity contribution in [1.29, 1.82) is 0 Å². The molecule has 3 aliphatic heterocycles. The summed E-state index contributed by atoms with van der Waals surface area (Å²) in [5, 5.41) is 3.58. The van der Waals surface area contributed by atoms with Gasteiger partial charge in [-0.3, -0.25) is 4.79 Å². The van der Waals surface area contributed by atoms with Crippen molar-refractivity contribution in [3.8, 4) is 0 Å². The zero-order valence-electron chi connectivity index (χ0n) is 12.0. The van der Waals surface area contributed by atoms with Crippen LogP contribution in [0.15, 0.2) is 0 Å². The summed E-state index contributed by atoms with van der Waals surface area (Å²) in [6.07, 6.45) is 5.86. The molecule has 0 saturated carbocycles. The molecular formula is C14H24N2O3S. The van der Waals surface area contributed by atoms with E-state index in [0.29, 0.717) is 30.8 Å². The molecule has 114 valence electrons. The van der Waals surface area contributed by atoms with Gasteiger partial charge in [0.25, 0.3) is 0 Å². The summed E-state index contributed by atoms with van der Waals surface area (Å²) in [5.41, 5.74) is 0. The smallest absolute Gasteiger partial charge is 0.222 e. The van der Waals surface area contributed by atoms with Crippen LogP contribution in [0.3, 0.4) is 0 Å². The highest BCUT2D eigenvalue weighted by molar-refractivity contribution is 7.91. The summed E-state index contributed by atoms with van der Waals surface area (Å²) in [6, 6.07) is 1.10. The van der Waals surface area contributed by atoms with Gasteiger partial charge in [-0.05, 0) is 38.0 Å². The number of hydrogen-bond acceptors (Lipinski definition) is 4. The number of piperidine rings is 1. The summed E-state index contributed by atoms with van der Waals surface area (Å²) < 4.78 is 23.0. The molecule has 0 aromatic carbocycles. The second-order valence-electron chi connectivity index (χ2n) is 6.74. The highest BCUT2D eigenvalue weighted by Gasteiger charge is 2.37. The van der Waals surface area contributed by atoms with E-state index in [1.165, 1.54) is 12.8 Å². The molecule has 2 bridgehead atoms. The Balaban J connectivity index is 1.54. The van der Waals surface area contributed by atoms with Crippen LogP contribution in [0.4, 0.5) is 0 Å². The van der Waals surface area contributed by atoms with E-state index in [2.05, 4.69) is 5.32 Å². The minimum Gasteiger partial charge on any atom is -0.342 e. The molecule has 6 heteroatoms. The minimum absolute atomic E-state index is 0.106. The molecule has 20 heavy (non-hydrogen) atoms. The van der Waals surface area contributed by atoms with Gasteiger partial charge in [0, 0.05) is 31.6 Å². The van der Waals surface area contributed by atoms with Crippen molar-refractivity contribution in [3.63, 3.8) is 0 Å². The maximum absolute atomic E-state index is 12.4. The maximum Gasteiger partial charge on any atom is 0.222 e. The summed E-state index contributed by atoms with van der Waals surface area (Å²) in [6.45, 7) is 0. The number of sulfone groups is 1. The van der Waals surface area contributed by atoms with Crippen LogP contribution in [-0.2, 0) is 14.6 Å². The fourth-order valence-corrected chi connectivity index (χ4v) is 5.79. The van der Waals surface area contributed by atoms with Gasteiger partial charge in [0.2, 0.25) is 5.91 Å². The third kappa shape index (κ3) is 3.01. The van der Waals surface area contributed by atoms with Crippen LogP contribution in [0.1, 0.15) is 38.5 Å². The molecule has 0 aromatic heterocycles. The molecule has 1 amide bonds. The van der Waals surface area contributed by atoms with Crippen molar-refractivity contribution in [2.45, 2.75) is 56.7 Å². The van der Waals surface area contributed by atoms with Gasteiger partial charge >= 0.3 is 0 Å². The third-order valence-electron chi connectivity index (χ3n) is 5.18. The molecule has 0 radical (unpaired) electrons. The Kier molecular flexibility index (Phi) is 3.79. The van der Waals surface area contributed by atoms with Gasteiger partial charge in [-0.25, -0.2) is 8.42 Å². The van der Waals surface area contributed by atoms with Crippen LogP contribution >= 0.6 is 0 Å². The second-order valence-corrected chi connectivity index (χ2v) is 8.97. The molecule has 0 aromatic rings. The fraction of sp³-hybridized carbons (Fsp3) is 0.929. The number of hydrogen-bond donors (Lipinski definition) is 1. The normalized spacial score (nSPS) is 38.9. The van der Waals surface area contributed by atoms with Gasteiger partial charge in [0.1, 0.15) is 0 Å². The molecule has 3 rings (SSSR count). The molecule has 3 saturated heterocycles. The van der Waals surface area contributed by atoms with Crippen LogP contribution in [0.2, 0.25) is 0 Å². The van der Waals surface area contributed by atoms with Crippen molar-refractivity contribution < 1.29 is 13.2 Å². The second kappa shape index (κ2) is 5.30. The van der Waals surface area contributed by atoms with Crippen molar-refractivity contribution in [2.75, 3.05) is 18.6 Å². The van der Waals surface area contributed by atoms with Crippen molar-refractivity contribution in [3.05, 3.63) is 0 Å². The average Bonchev–Trinajstić information content (AvgIpc) is 2.91. The third-order valence-corrected chi connectivity index (χ3v) is 6.93. The van der Waals surface area contributed by atoms with E-state index in [0.717, 1.165) is 12.8 Å². The standard InChI is InChI=1S/C14H24N2O3S/c1-16(13-4-5-20(18,19)9-13)14(17)8-10-6-11-2-3-12(7-10)15-11/h10-13,15H,2-9H2,1H3. The molecule has 5 nitrogen and oxygen atoms in total. The van der Waals surface area contributed by atoms with Gasteiger partial charge in [-0.1, -0.05) is 0 Å². The summed E-state index contributed by atoms with van der Waals surface area (Å²) in [5.74, 6) is 0.972. The first-order valence-electron chi connectivity index (χ1n) is 7.65. The number of amides is 1. The van der Waals surface area contributed by atoms with Gasteiger partial charge in [0.15, 0.2) is 9.84 Å².